The van der Waals surface area contributed by atoms with E-state index in [1.807, 2.05) is 42.5 Å². The van der Waals surface area contributed by atoms with Crippen molar-refractivity contribution in [2.45, 2.75) is 19.9 Å². The molecule has 168 valence electrons. The van der Waals surface area contributed by atoms with E-state index in [1.54, 1.807) is 36.5 Å². The number of aryl methyl sites for hydroxylation is 1. The molecular formula is C27H22N4O3. The fraction of sp³-hybridized carbons (Fsp3) is 0.111. The number of pyridine rings is 1. The minimum Gasteiger partial charge on any atom is -0.478 e. The maximum absolute atomic E-state index is 12.8. The SMILES string of the molecule is CCCn1c(-c2ccc(C(=O)Nc3ccc4ncccc4c3)cc2)nc2cc(C(=O)O)ccc21. The molecule has 2 N–H and O–H groups in total. The highest BCUT2D eigenvalue weighted by Gasteiger charge is 2.15. The summed E-state index contributed by atoms with van der Waals surface area (Å²) in [4.78, 5) is 33.2. The zero-order valence-corrected chi connectivity index (χ0v) is 18.5. The van der Waals surface area contributed by atoms with Crippen molar-refractivity contribution < 1.29 is 14.7 Å². The molecule has 0 atom stereocenters. The summed E-state index contributed by atoms with van der Waals surface area (Å²) in [7, 11) is 0. The van der Waals surface area contributed by atoms with E-state index in [2.05, 4.69) is 21.8 Å². The van der Waals surface area contributed by atoms with Gasteiger partial charge in [0.1, 0.15) is 5.82 Å². The third kappa shape index (κ3) is 3.99. The zero-order chi connectivity index (χ0) is 23.7. The van der Waals surface area contributed by atoms with E-state index in [0.717, 1.165) is 40.8 Å². The number of carbonyl (C=O) groups excluding carboxylic acids is 1. The second-order valence-electron chi connectivity index (χ2n) is 8.04. The molecule has 0 unspecified atom stereocenters. The summed E-state index contributed by atoms with van der Waals surface area (Å²) in [6.45, 7) is 2.83. The lowest BCUT2D eigenvalue weighted by Gasteiger charge is -2.09. The van der Waals surface area contributed by atoms with Gasteiger partial charge < -0.3 is 15.0 Å². The number of carboxylic acid groups (broad SMARTS) is 1. The highest BCUT2D eigenvalue weighted by Crippen LogP contribution is 2.27. The van der Waals surface area contributed by atoms with Crippen LogP contribution in [0.1, 0.15) is 34.1 Å². The van der Waals surface area contributed by atoms with Crippen LogP contribution in [0.5, 0.6) is 0 Å². The molecule has 1 amide bonds. The van der Waals surface area contributed by atoms with Crippen LogP contribution in [0.25, 0.3) is 33.3 Å². The van der Waals surface area contributed by atoms with Gasteiger partial charge in [-0.25, -0.2) is 9.78 Å². The van der Waals surface area contributed by atoms with Crippen molar-refractivity contribution in [3.05, 3.63) is 90.1 Å². The first-order chi connectivity index (χ1) is 16.5. The maximum Gasteiger partial charge on any atom is 0.335 e. The van der Waals surface area contributed by atoms with Crippen LogP contribution >= 0.6 is 0 Å². The molecule has 0 aliphatic carbocycles. The van der Waals surface area contributed by atoms with E-state index in [4.69, 9.17) is 4.98 Å². The Labute approximate surface area is 195 Å². The molecule has 7 nitrogen and oxygen atoms in total. The van der Waals surface area contributed by atoms with Crippen LogP contribution in [0.3, 0.4) is 0 Å². The molecule has 0 saturated carbocycles. The van der Waals surface area contributed by atoms with Crippen molar-refractivity contribution in [2.75, 3.05) is 5.32 Å². The van der Waals surface area contributed by atoms with Crippen LogP contribution in [0.2, 0.25) is 0 Å². The van der Waals surface area contributed by atoms with Gasteiger partial charge in [0.05, 0.1) is 22.1 Å². The van der Waals surface area contributed by atoms with Gasteiger partial charge in [0.25, 0.3) is 5.91 Å². The highest BCUT2D eigenvalue weighted by atomic mass is 16.4. The molecule has 34 heavy (non-hydrogen) atoms. The first kappa shape index (κ1) is 21.3. The van der Waals surface area contributed by atoms with Crippen molar-refractivity contribution in [1.82, 2.24) is 14.5 Å². The van der Waals surface area contributed by atoms with E-state index in [-0.39, 0.29) is 11.5 Å². The van der Waals surface area contributed by atoms with E-state index < -0.39 is 5.97 Å². The maximum atomic E-state index is 12.8. The number of aromatic nitrogens is 3. The second kappa shape index (κ2) is 8.78. The fourth-order valence-corrected chi connectivity index (χ4v) is 4.06. The van der Waals surface area contributed by atoms with E-state index in [1.165, 1.54) is 0 Å². The lowest BCUT2D eigenvalue weighted by molar-refractivity contribution is 0.0696. The van der Waals surface area contributed by atoms with Gasteiger partial charge in [-0.15, -0.1) is 0 Å². The Balaban J connectivity index is 1.43. The quantitative estimate of drug-likeness (QED) is 0.350. The summed E-state index contributed by atoms with van der Waals surface area (Å²) in [5.41, 5.74) is 4.68. The molecule has 0 spiro atoms. The van der Waals surface area contributed by atoms with Gasteiger partial charge in [-0.1, -0.05) is 25.1 Å². The van der Waals surface area contributed by atoms with Crippen molar-refractivity contribution in [3.63, 3.8) is 0 Å². The fourth-order valence-electron chi connectivity index (χ4n) is 4.06. The number of anilines is 1. The Kier molecular flexibility index (Phi) is 5.51. The predicted octanol–water partition coefficient (Wildman–Crippen LogP) is 5.61. The molecule has 5 aromatic rings. The van der Waals surface area contributed by atoms with E-state index in [0.29, 0.717) is 16.8 Å². The smallest absolute Gasteiger partial charge is 0.335 e. The van der Waals surface area contributed by atoms with Gasteiger partial charge >= 0.3 is 5.97 Å². The van der Waals surface area contributed by atoms with E-state index >= 15 is 0 Å². The zero-order valence-electron chi connectivity index (χ0n) is 18.5. The first-order valence-electron chi connectivity index (χ1n) is 11.0. The number of benzene rings is 3. The number of imidazole rings is 1. The average molecular weight is 450 g/mol. The van der Waals surface area contributed by atoms with Crippen molar-refractivity contribution in [2.24, 2.45) is 0 Å². The normalized spacial score (nSPS) is 11.1. The van der Waals surface area contributed by atoms with Crippen molar-refractivity contribution >= 4 is 39.5 Å². The van der Waals surface area contributed by atoms with Crippen LogP contribution in [0.4, 0.5) is 5.69 Å². The summed E-state index contributed by atoms with van der Waals surface area (Å²) >= 11 is 0. The van der Waals surface area contributed by atoms with Crippen LogP contribution in [-0.2, 0) is 6.54 Å². The topological polar surface area (TPSA) is 97.1 Å². The minimum absolute atomic E-state index is 0.205. The van der Waals surface area contributed by atoms with Gasteiger partial charge in [-0.3, -0.25) is 9.78 Å². The van der Waals surface area contributed by atoms with E-state index in [9.17, 15) is 14.7 Å². The Hall–Kier alpha value is -4.52. The molecule has 7 heteroatoms. The summed E-state index contributed by atoms with van der Waals surface area (Å²) < 4.78 is 2.08. The van der Waals surface area contributed by atoms with Crippen LogP contribution in [0, 0.1) is 0 Å². The largest absolute Gasteiger partial charge is 0.478 e. The lowest BCUT2D eigenvalue weighted by atomic mass is 10.1. The number of amides is 1. The molecule has 0 saturated heterocycles. The number of nitrogens with one attached hydrogen (secondary N) is 1. The molecule has 0 aliphatic heterocycles. The van der Waals surface area contributed by atoms with Gasteiger partial charge in [-0.05, 0) is 61.0 Å². The third-order valence-electron chi connectivity index (χ3n) is 5.71. The molecule has 2 heterocycles. The highest BCUT2D eigenvalue weighted by molar-refractivity contribution is 6.05. The van der Waals surface area contributed by atoms with Crippen molar-refractivity contribution in [1.29, 1.82) is 0 Å². The van der Waals surface area contributed by atoms with Crippen LogP contribution in [0.15, 0.2) is 79.0 Å². The molecule has 0 bridgehead atoms. The van der Waals surface area contributed by atoms with Crippen LogP contribution < -0.4 is 5.32 Å². The Morgan fingerprint density at radius 1 is 0.941 bits per heavy atom. The summed E-state index contributed by atoms with van der Waals surface area (Å²) in [6, 6.07) is 21.7. The van der Waals surface area contributed by atoms with Crippen molar-refractivity contribution in [3.8, 4) is 11.4 Å². The number of carbonyl (C=O) groups is 2. The Morgan fingerprint density at radius 2 is 1.74 bits per heavy atom. The standard InChI is InChI=1S/C27H22N4O3/c1-2-14-31-24-12-9-20(27(33)34)16-23(24)30-25(31)17-5-7-18(8-6-17)26(32)29-21-10-11-22-19(15-21)4-3-13-28-22/h3-13,15-16H,2,14H2,1H3,(H,29,32)(H,33,34). The number of aromatic carboxylic acids is 1. The molecular weight excluding hydrogens is 428 g/mol. The predicted molar refractivity (Wildman–Crippen MR) is 132 cm³/mol. The Morgan fingerprint density at radius 3 is 2.50 bits per heavy atom. The molecule has 5 rings (SSSR count). The number of rotatable bonds is 6. The summed E-state index contributed by atoms with van der Waals surface area (Å²) in [5.74, 6) is -0.442. The molecule has 3 aromatic carbocycles. The number of nitrogens with zero attached hydrogens (tertiary/aromatic N) is 3. The van der Waals surface area contributed by atoms with Crippen LogP contribution in [-0.4, -0.2) is 31.5 Å². The van der Waals surface area contributed by atoms with Gasteiger partial charge in [0, 0.05) is 34.9 Å². The lowest BCUT2D eigenvalue weighted by Crippen LogP contribution is -2.11. The Bertz CT molecular complexity index is 1540. The number of hydrogen-bond acceptors (Lipinski definition) is 4. The average Bonchev–Trinajstić information content (AvgIpc) is 3.22. The van der Waals surface area contributed by atoms with Gasteiger partial charge in [0.2, 0.25) is 0 Å². The third-order valence-corrected chi connectivity index (χ3v) is 5.71. The minimum atomic E-state index is -0.980. The van der Waals surface area contributed by atoms with Gasteiger partial charge in [0.15, 0.2) is 0 Å². The monoisotopic (exact) mass is 450 g/mol. The first-order valence-corrected chi connectivity index (χ1v) is 11.0. The number of hydrogen-bond donors (Lipinski definition) is 2. The second-order valence-corrected chi connectivity index (χ2v) is 8.04. The summed E-state index contributed by atoms with van der Waals surface area (Å²) in [5, 5.41) is 13.2. The summed E-state index contributed by atoms with van der Waals surface area (Å²) in [6.07, 6.45) is 2.64. The van der Waals surface area contributed by atoms with Gasteiger partial charge in [-0.2, -0.15) is 0 Å². The number of carboxylic acids is 1. The molecule has 0 radical (unpaired) electrons. The molecule has 0 aliphatic rings. The molecule has 2 aromatic heterocycles. The number of fused-ring (bicyclic) bond motifs is 2. The molecule has 0 fully saturated rings.